The molecule has 0 radical (unpaired) electrons. The molecule has 2 saturated heterocycles. The number of hydrogen-bond donors (Lipinski definition) is 1. The van der Waals surface area contributed by atoms with Crippen molar-refractivity contribution in [3.05, 3.63) is 0 Å². The smallest absolute Gasteiger partial charge is 0.241 e. The number of rotatable bonds is 4. The molecule has 1 N–H and O–H groups in total. The maximum atomic E-state index is 12.8. The van der Waals surface area contributed by atoms with Gasteiger partial charge >= 0.3 is 0 Å². The Labute approximate surface area is 125 Å². The van der Waals surface area contributed by atoms with Crippen molar-refractivity contribution < 1.29 is 9.00 Å². The van der Waals surface area contributed by atoms with Gasteiger partial charge in [0.1, 0.15) is 0 Å². The zero-order valence-corrected chi connectivity index (χ0v) is 13.9. The Kier molecular flexibility index (Phi) is 5.24. The first kappa shape index (κ1) is 16.0. The van der Waals surface area contributed by atoms with Crippen LogP contribution in [0.3, 0.4) is 0 Å². The second-order valence-electron chi connectivity index (χ2n) is 6.54. The van der Waals surface area contributed by atoms with E-state index in [4.69, 9.17) is 0 Å². The molecule has 0 aliphatic carbocycles. The topological polar surface area (TPSA) is 49.4 Å². The molecule has 2 aliphatic rings. The molecule has 3 unspecified atom stereocenters. The van der Waals surface area contributed by atoms with Crippen LogP contribution < -0.4 is 5.32 Å². The van der Waals surface area contributed by atoms with Gasteiger partial charge in [0.2, 0.25) is 5.91 Å². The van der Waals surface area contributed by atoms with Gasteiger partial charge in [-0.2, -0.15) is 0 Å². The zero-order valence-electron chi connectivity index (χ0n) is 13.1. The molecule has 0 spiro atoms. The number of hydrogen-bond acceptors (Lipinski definition) is 3. The largest absolute Gasteiger partial charge is 0.322 e. The van der Waals surface area contributed by atoms with Gasteiger partial charge in [0.05, 0.1) is 12.2 Å². The van der Waals surface area contributed by atoms with Crippen molar-refractivity contribution in [3.63, 3.8) is 0 Å². The van der Waals surface area contributed by atoms with Crippen molar-refractivity contribution in [1.82, 2.24) is 10.2 Å². The van der Waals surface area contributed by atoms with Gasteiger partial charge in [-0.1, -0.05) is 34.1 Å². The Morgan fingerprint density at radius 1 is 1.30 bits per heavy atom. The van der Waals surface area contributed by atoms with Crippen LogP contribution in [-0.2, 0) is 15.6 Å². The first-order valence-corrected chi connectivity index (χ1v) is 9.37. The average Bonchev–Trinajstić information content (AvgIpc) is 2.77. The summed E-state index contributed by atoms with van der Waals surface area (Å²) >= 11 is 0. The van der Waals surface area contributed by atoms with Crippen LogP contribution in [0.15, 0.2) is 0 Å². The summed E-state index contributed by atoms with van der Waals surface area (Å²) in [5.41, 5.74) is 0. The van der Waals surface area contributed by atoms with Gasteiger partial charge in [0.25, 0.3) is 0 Å². The first-order chi connectivity index (χ1) is 9.45. The number of carbonyl (C=O) groups excluding carboxylic acids is 1. The third-order valence-corrected chi connectivity index (χ3v) is 6.15. The van der Waals surface area contributed by atoms with Crippen molar-refractivity contribution >= 4 is 16.7 Å². The summed E-state index contributed by atoms with van der Waals surface area (Å²) in [5, 5.41) is 3.55. The predicted molar refractivity (Wildman–Crippen MR) is 82.7 cm³/mol. The number of nitrogens with zero attached hydrogens (tertiary/aromatic N) is 1. The van der Waals surface area contributed by atoms with E-state index >= 15 is 0 Å². The Bertz CT molecular complexity index is 376. The molecule has 1 amide bonds. The molecule has 2 aliphatic heterocycles. The summed E-state index contributed by atoms with van der Waals surface area (Å²) in [6, 6.07) is 0.231. The molecule has 116 valence electrons. The van der Waals surface area contributed by atoms with E-state index < -0.39 is 10.8 Å². The minimum Gasteiger partial charge on any atom is -0.322 e. The third kappa shape index (κ3) is 3.08. The summed E-state index contributed by atoms with van der Waals surface area (Å²) in [4.78, 5) is 14.9. The van der Waals surface area contributed by atoms with E-state index in [2.05, 4.69) is 37.9 Å². The van der Waals surface area contributed by atoms with E-state index in [1.807, 2.05) is 0 Å². The van der Waals surface area contributed by atoms with Crippen molar-refractivity contribution in [3.8, 4) is 0 Å². The lowest BCUT2D eigenvalue weighted by atomic mass is 9.99. The predicted octanol–water partition coefficient (Wildman–Crippen LogP) is 1.73. The molecular weight excluding hydrogens is 272 g/mol. The Balaban J connectivity index is 2.15. The molecule has 0 aromatic heterocycles. The summed E-state index contributed by atoms with van der Waals surface area (Å²) in [6.07, 6.45) is 2.92. The standard InChI is InChI=1S/C15H28N2O2S/c1-5-11(4)13-15(18)17(14(16-13)10(2)3)12-6-8-20(19)9-7-12/h10-14,16H,5-9H2,1-4H3. The molecule has 3 atom stereocenters. The van der Waals surface area contributed by atoms with Gasteiger partial charge in [-0.05, 0) is 24.7 Å². The summed E-state index contributed by atoms with van der Waals surface area (Å²) < 4.78 is 11.5. The molecule has 0 aromatic rings. The van der Waals surface area contributed by atoms with Crippen LogP contribution in [0, 0.1) is 11.8 Å². The summed E-state index contributed by atoms with van der Waals surface area (Å²) in [6.45, 7) is 8.61. The van der Waals surface area contributed by atoms with Crippen LogP contribution >= 0.6 is 0 Å². The van der Waals surface area contributed by atoms with E-state index in [-0.39, 0.29) is 24.2 Å². The lowest BCUT2D eigenvalue weighted by molar-refractivity contribution is -0.133. The molecule has 4 nitrogen and oxygen atoms in total. The minimum atomic E-state index is -0.672. The normalized spacial score (nSPS) is 36.6. The minimum absolute atomic E-state index is 0.0418. The van der Waals surface area contributed by atoms with Gasteiger partial charge in [-0.15, -0.1) is 0 Å². The molecular formula is C15H28N2O2S. The van der Waals surface area contributed by atoms with E-state index in [9.17, 15) is 9.00 Å². The van der Waals surface area contributed by atoms with Crippen LogP contribution in [0.2, 0.25) is 0 Å². The van der Waals surface area contributed by atoms with E-state index in [0.29, 0.717) is 11.8 Å². The van der Waals surface area contributed by atoms with Crippen LogP contribution in [0.25, 0.3) is 0 Å². The molecule has 5 heteroatoms. The van der Waals surface area contributed by atoms with Gasteiger partial charge in [0, 0.05) is 28.3 Å². The van der Waals surface area contributed by atoms with Gasteiger partial charge < -0.3 is 4.90 Å². The quantitative estimate of drug-likeness (QED) is 0.860. The Hall–Kier alpha value is -0.420. The van der Waals surface area contributed by atoms with Crippen LogP contribution in [-0.4, -0.2) is 44.8 Å². The molecule has 2 rings (SSSR count). The van der Waals surface area contributed by atoms with Crippen molar-refractivity contribution in [2.24, 2.45) is 11.8 Å². The van der Waals surface area contributed by atoms with Crippen molar-refractivity contribution in [1.29, 1.82) is 0 Å². The maximum absolute atomic E-state index is 12.8. The van der Waals surface area contributed by atoms with Gasteiger partial charge in [0.15, 0.2) is 0 Å². The van der Waals surface area contributed by atoms with Crippen molar-refractivity contribution in [2.75, 3.05) is 11.5 Å². The maximum Gasteiger partial charge on any atom is 0.241 e. The highest BCUT2D eigenvalue weighted by Gasteiger charge is 2.45. The molecule has 2 heterocycles. The van der Waals surface area contributed by atoms with E-state index in [1.165, 1.54) is 0 Å². The number of nitrogens with one attached hydrogen (secondary N) is 1. The molecule has 20 heavy (non-hydrogen) atoms. The lowest BCUT2D eigenvalue weighted by Crippen LogP contribution is -2.49. The van der Waals surface area contributed by atoms with E-state index in [0.717, 1.165) is 30.8 Å². The summed E-state index contributed by atoms with van der Waals surface area (Å²) in [7, 11) is -0.672. The van der Waals surface area contributed by atoms with Crippen LogP contribution in [0.4, 0.5) is 0 Å². The highest BCUT2D eigenvalue weighted by atomic mass is 32.2. The number of amides is 1. The molecule has 2 fully saturated rings. The summed E-state index contributed by atoms with van der Waals surface area (Å²) in [5.74, 6) is 2.52. The number of carbonyl (C=O) groups is 1. The van der Waals surface area contributed by atoms with E-state index in [1.54, 1.807) is 0 Å². The average molecular weight is 300 g/mol. The van der Waals surface area contributed by atoms with Gasteiger partial charge in [-0.25, -0.2) is 0 Å². The van der Waals surface area contributed by atoms with Crippen molar-refractivity contribution in [2.45, 2.75) is 65.2 Å². The third-order valence-electron chi connectivity index (χ3n) is 4.77. The Morgan fingerprint density at radius 3 is 2.40 bits per heavy atom. The lowest BCUT2D eigenvalue weighted by Gasteiger charge is -2.36. The highest BCUT2D eigenvalue weighted by molar-refractivity contribution is 7.85. The fourth-order valence-corrected chi connectivity index (χ4v) is 4.53. The molecule has 0 saturated carbocycles. The van der Waals surface area contributed by atoms with Crippen LogP contribution in [0.5, 0.6) is 0 Å². The zero-order chi connectivity index (χ0) is 14.9. The second-order valence-corrected chi connectivity index (χ2v) is 8.24. The monoisotopic (exact) mass is 300 g/mol. The molecule has 0 bridgehead atoms. The fraction of sp³-hybridized carbons (Fsp3) is 0.933. The second kappa shape index (κ2) is 6.56. The SMILES string of the molecule is CCC(C)C1NC(C(C)C)N(C2CCS(=O)CC2)C1=O. The van der Waals surface area contributed by atoms with Crippen LogP contribution in [0.1, 0.15) is 47.0 Å². The Morgan fingerprint density at radius 2 is 1.90 bits per heavy atom. The van der Waals surface area contributed by atoms with Gasteiger partial charge in [-0.3, -0.25) is 14.3 Å². The highest BCUT2D eigenvalue weighted by Crippen LogP contribution is 2.29. The fourth-order valence-electron chi connectivity index (χ4n) is 3.26. The molecule has 0 aromatic carbocycles. The first-order valence-electron chi connectivity index (χ1n) is 7.88.